The topological polar surface area (TPSA) is 55.1 Å². The van der Waals surface area contributed by atoms with Gasteiger partial charge in [0, 0.05) is 17.8 Å². The summed E-state index contributed by atoms with van der Waals surface area (Å²) in [5, 5.41) is 9.03. The number of carbonyl (C=O) groups is 1. The van der Waals surface area contributed by atoms with E-state index in [2.05, 4.69) is 15.7 Å². The Kier molecular flexibility index (Phi) is 3.54. The minimum absolute atomic E-state index is 0.164. The molecule has 1 aliphatic carbocycles. The fraction of sp³-hybridized carbons (Fsp3) is 0.375. The molecule has 0 spiro atoms. The van der Waals surface area contributed by atoms with Gasteiger partial charge >= 0.3 is 5.97 Å². The smallest absolute Gasteiger partial charge is 0.306 e. The van der Waals surface area contributed by atoms with Crippen LogP contribution in [0.1, 0.15) is 31.7 Å². The summed E-state index contributed by atoms with van der Waals surface area (Å²) in [6.07, 6.45) is 7.30. The molecule has 0 radical (unpaired) electrons. The van der Waals surface area contributed by atoms with E-state index in [1.165, 1.54) is 0 Å². The number of hydrogen-bond acceptors (Lipinski definition) is 2. The zero-order valence-corrected chi connectivity index (χ0v) is 11.3. The van der Waals surface area contributed by atoms with Crippen molar-refractivity contribution < 1.29 is 9.90 Å². The summed E-state index contributed by atoms with van der Waals surface area (Å²) < 4.78 is 2.14. The molecule has 1 fully saturated rings. The lowest BCUT2D eigenvalue weighted by Crippen LogP contribution is -2.22. The van der Waals surface area contributed by atoms with E-state index in [-0.39, 0.29) is 5.92 Å². The average Bonchev–Trinajstić information content (AvgIpc) is 2.98. The molecule has 4 nitrogen and oxygen atoms in total. The Morgan fingerprint density at radius 3 is 2.50 bits per heavy atom. The summed E-state index contributed by atoms with van der Waals surface area (Å²) in [6.45, 7) is 0. The number of carboxylic acids is 1. The maximum Gasteiger partial charge on any atom is 0.306 e. The highest BCUT2D eigenvalue weighted by Gasteiger charge is 2.26. The standard InChI is InChI=1S/C16H18N2O2/c19-16(20)13-6-8-14(9-7-13)18-10-15(17-11-18)12-4-2-1-3-5-12/h1-5,10-11,13-14H,6-9H2,(H,19,20)/t13-,14+. The SMILES string of the molecule is O=C(O)[C@H]1CC[C@@H](n2cnc(-c3ccccc3)c2)CC1. The number of rotatable bonds is 3. The molecular weight excluding hydrogens is 252 g/mol. The van der Waals surface area contributed by atoms with Crippen molar-refractivity contribution in [3.63, 3.8) is 0 Å². The number of aliphatic carboxylic acids is 1. The van der Waals surface area contributed by atoms with Crippen LogP contribution in [0.25, 0.3) is 11.3 Å². The molecule has 0 atom stereocenters. The monoisotopic (exact) mass is 270 g/mol. The van der Waals surface area contributed by atoms with Crippen LogP contribution in [0.3, 0.4) is 0 Å². The molecule has 0 aliphatic heterocycles. The van der Waals surface area contributed by atoms with E-state index in [9.17, 15) is 4.79 Å². The predicted molar refractivity (Wildman–Crippen MR) is 76.3 cm³/mol. The van der Waals surface area contributed by atoms with Crippen molar-refractivity contribution in [2.45, 2.75) is 31.7 Å². The Morgan fingerprint density at radius 1 is 1.15 bits per heavy atom. The molecule has 1 aliphatic rings. The third kappa shape index (κ3) is 2.59. The largest absolute Gasteiger partial charge is 0.481 e. The summed E-state index contributed by atoms with van der Waals surface area (Å²) in [4.78, 5) is 15.4. The molecule has 1 aromatic carbocycles. The highest BCUT2D eigenvalue weighted by atomic mass is 16.4. The molecule has 3 rings (SSSR count). The number of benzene rings is 1. The molecule has 104 valence electrons. The zero-order valence-electron chi connectivity index (χ0n) is 11.3. The third-order valence-corrected chi connectivity index (χ3v) is 4.14. The molecule has 1 aromatic heterocycles. The van der Waals surface area contributed by atoms with Gasteiger partial charge in [-0.3, -0.25) is 4.79 Å². The normalized spacial score (nSPS) is 22.6. The van der Waals surface area contributed by atoms with E-state index < -0.39 is 5.97 Å². The van der Waals surface area contributed by atoms with Gasteiger partial charge in [-0.1, -0.05) is 30.3 Å². The second-order valence-corrected chi connectivity index (χ2v) is 5.42. The van der Waals surface area contributed by atoms with E-state index in [1.54, 1.807) is 0 Å². The molecule has 2 aromatic rings. The van der Waals surface area contributed by atoms with Gasteiger partial charge in [0.05, 0.1) is 17.9 Å². The molecule has 0 amide bonds. The van der Waals surface area contributed by atoms with Crippen molar-refractivity contribution in [2.75, 3.05) is 0 Å². The minimum atomic E-state index is -0.654. The van der Waals surface area contributed by atoms with Crippen LogP contribution in [-0.2, 0) is 4.79 Å². The molecule has 1 N–H and O–H groups in total. The summed E-state index contributed by atoms with van der Waals surface area (Å²) in [7, 11) is 0. The average molecular weight is 270 g/mol. The number of nitrogens with zero attached hydrogens (tertiary/aromatic N) is 2. The van der Waals surface area contributed by atoms with Crippen LogP contribution >= 0.6 is 0 Å². The molecule has 0 bridgehead atoms. The summed E-state index contributed by atoms with van der Waals surface area (Å²) >= 11 is 0. The van der Waals surface area contributed by atoms with Crippen LogP contribution < -0.4 is 0 Å². The lowest BCUT2D eigenvalue weighted by molar-refractivity contribution is -0.143. The summed E-state index contributed by atoms with van der Waals surface area (Å²) in [6, 6.07) is 10.5. The summed E-state index contributed by atoms with van der Waals surface area (Å²) in [5.41, 5.74) is 2.09. The Labute approximate surface area is 118 Å². The van der Waals surface area contributed by atoms with Gasteiger partial charge in [0.1, 0.15) is 0 Å². The Hall–Kier alpha value is -2.10. The van der Waals surface area contributed by atoms with Crippen LogP contribution in [0.4, 0.5) is 0 Å². The lowest BCUT2D eigenvalue weighted by Gasteiger charge is -2.26. The van der Waals surface area contributed by atoms with Crippen LogP contribution in [0.2, 0.25) is 0 Å². The molecular formula is C16H18N2O2. The van der Waals surface area contributed by atoms with Gasteiger partial charge in [-0.2, -0.15) is 0 Å². The van der Waals surface area contributed by atoms with Crippen LogP contribution in [0.5, 0.6) is 0 Å². The number of imidazole rings is 1. The lowest BCUT2D eigenvalue weighted by atomic mass is 9.86. The van der Waals surface area contributed by atoms with Gasteiger partial charge in [-0.05, 0) is 25.7 Å². The number of carboxylic acid groups (broad SMARTS) is 1. The van der Waals surface area contributed by atoms with E-state index in [0.29, 0.717) is 6.04 Å². The molecule has 0 saturated heterocycles. The fourth-order valence-electron chi connectivity index (χ4n) is 2.92. The van der Waals surface area contributed by atoms with E-state index >= 15 is 0 Å². The van der Waals surface area contributed by atoms with Crippen molar-refractivity contribution >= 4 is 5.97 Å². The van der Waals surface area contributed by atoms with Crippen molar-refractivity contribution in [1.29, 1.82) is 0 Å². The first kappa shape index (κ1) is 12.9. The minimum Gasteiger partial charge on any atom is -0.481 e. The third-order valence-electron chi connectivity index (χ3n) is 4.14. The van der Waals surface area contributed by atoms with Crippen LogP contribution in [0, 0.1) is 5.92 Å². The first-order chi connectivity index (χ1) is 9.74. The first-order valence-electron chi connectivity index (χ1n) is 7.06. The summed E-state index contributed by atoms with van der Waals surface area (Å²) in [5.74, 6) is -0.817. The van der Waals surface area contributed by atoms with E-state index in [0.717, 1.165) is 36.9 Å². The van der Waals surface area contributed by atoms with E-state index in [1.807, 2.05) is 36.7 Å². The highest BCUT2D eigenvalue weighted by molar-refractivity contribution is 5.70. The Bertz CT molecular complexity index is 584. The van der Waals surface area contributed by atoms with Crippen molar-refractivity contribution in [3.8, 4) is 11.3 Å². The van der Waals surface area contributed by atoms with E-state index in [4.69, 9.17) is 5.11 Å². The molecule has 0 unspecified atom stereocenters. The van der Waals surface area contributed by atoms with Crippen molar-refractivity contribution in [3.05, 3.63) is 42.9 Å². The predicted octanol–water partition coefficient (Wildman–Crippen LogP) is 3.37. The van der Waals surface area contributed by atoms with Crippen LogP contribution in [0.15, 0.2) is 42.9 Å². The van der Waals surface area contributed by atoms with Crippen molar-refractivity contribution in [1.82, 2.24) is 9.55 Å². The second-order valence-electron chi connectivity index (χ2n) is 5.42. The molecule has 1 heterocycles. The molecule has 4 heteroatoms. The molecule has 20 heavy (non-hydrogen) atoms. The zero-order chi connectivity index (χ0) is 13.9. The maximum absolute atomic E-state index is 11.0. The first-order valence-corrected chi connectivity index (χ1v) is 7.06. The van der Waals surface area contributed by atoms with Gasteiger partial charge in [0.25, 0.3) is 0 Å². The number of aromatic nitrogens is 2. The fourth-order valence-corrected chi connectivity index (χ4v) is 2.92. The highest BCUT2D eigenvalue weighted by Crippen LogP contribution is 2.33. The Morgan fingerprint density at radius 2 is 1.85 bits per heavy atom. The quantitative estimate of drug-likeness (QED) is 0.930. The van der Waals surface area contributed by atoms with Crippen LogP contribution in [-0.4, -0.2) is 20.6 Å². The van der Waals surface area contributed by atoms with Gasteiger partial charge in [-0.15, -0.1) is 0 Å². The van der Waals surface area contributed by atoms with Gasteiger partial charge < -0.3 is 9.67 Å². The number of hydrogen-bond donors (Lipinski definition) is 1. The maximum atomic E-state index is 11.0. The van der Waals surface area contributed by atoms with Gasteiger partial charge in [0.2, 0.25) is 0 Å². The van der Waals surface area contributed by atoms with Crippen molar-refractivity contribution in [2.24, 2.45) is 5.92 Å². The van der Waals surface area contributed by atoms with Gasteiger partial charge in [-0.25, -0.2) is 4.98 Å². The molecule has 1 saturated carbocycles. The Balaban J connectivity index is 1.71. The second kappa shape index (κ2) is 5.49. The van der Waals surface area contributed by atoms with Gasteiger partial charge in [0.15, 0.2) is 0 Å².